The van der Waals surface area contributed by atoms with Gasteiger partial charge < -0.3 is 9.64 Å². The summed E-state index contributed by atoms with van der Waals surface area (Å²) < 4.78 is 34.6. The third-order valence-electron chi connectivity index (χ3n) is 5.52. The molecule has 0 aliphatic heterocycles. The number of halogens is 2. The van der Waals surface area contributed by atoms with E-state index in [-0.39, 0.29) is 5.78 Å². The molecule has 160 valence electrons. The molecule has 0 radical (unpaired) electrons. The van der Waals surface area contributed by atoms with Crippen LogP contribution in [0, 0.1) is 11.6 Å². The first-order chi connectivity index (χ1) is 14.0. The molecule has 4 nitrogen and oxygen atoms in total. The summed E-state index contributed by atoms with van der Waals surface area (Å²) in [6, 6.07) is 8.38. The van der Waals surface area contributed by atoms with E-state index in [9.17, 15) is 18.4 Å². The zero-order chi connectivity index (χ0) is 22.2. The third kappa shape index (κ3) is 4.23. The van der Waals surface area contributed by atoms with Gasteiger partial charge in [0.1, 0.15) is 17.2 Å². The van der Waals surface area contributed by atoms with Crippen molar-refractivity contribution in [3.05, 3.63) is 70.3 Å². The fourth-order valence-corrected chi connectivity index (χ4v) is 3.87. The van der Waals surface area contributed by atoms with Crippen LogP contribution in [0.1, 0.15) is 55.9 Å². The van der Waals surface area contributed by atoms with Gasteiger partial charge in [-0.25, -0.2) is 13.6 Å². The predicted molar refractivity (Wildman–Crippen MR) is 111 cm³/mol. The Morgan fingerprint density at radius 1 is 1.00 bits per heavy atom. The SMILES string of the molecule is C[C@@H](C(=O)C1c2cccc(F)c2CCc2c(F)cccc21)N(C)C(=O)OC(C)(C)C. The summed E-state index contributed by atoms with van der Waals surface area (Å²) in [6.45, 7) is 6.84. The highest BCUT2D eigenvalue weighted by molar-refractivity contribution is 5.95. The predicted octanol–water partition coefficient (Wildman–Crippen LogP) is 5.02. The van der Waals surface area contributed by atoms with Crippen molar-refractivity contribution in [2.24, 2.45) is 0 Å². The molecule has 6 heteroatoms. The number of rotatable bonds is 3. The van der Waals surface area contributed by atoms with Gasteiger partial charge in [-0.3, -0.25) is 4.79 Å². The van der Waals surface area contributed by atoms with Gasteiger partial charge in [0.15, 0.2) is 5.78 Å². The molecule has 0 bridgehead atoms. The zero-order valence-corrected chi connectivity index (χ0v) is 18.0. The van der Waals surface area contributed by atoms with Crippen LogP contribution in [0.3, 0.4) is 0 Å². The van der Waals surface area contributed by atoms with E-state index in [0.717, 1.165) is 0 Å². The standard InChI is InChI=1S/C24H27F2NO3/c1-14(27(5)23(29)30-24(2,3)4)22(28)21-17-8-6-10-19(25)15(17)12-13-16-18(21)9-7-11-20(16)26/h6-11,14,21H,12-13H2,1-5H3/t14-/m0/s1. The number of hydrogen-bond acceptors (Lipinski definition) is 3. The van der Waals surface area contributed by atoms with Gasteiger partial charge in [-0.2, -0.15) is 0 Å². The summed E-state index contributed by atoms with van der Waals surface area (Å²) in [5.74, 6) is -2.01. The minimum Gasteiger partial charge on any atom is -0.444 e. The Balaban J connectivity index is 2.06. The lowest BCUT2D eigenvalue weighted by Gasteiger charge is -2.30. The Hall–Kier alpha value is -2.76. The lowest BCUT2D eigenvalue weighted by Crippen LogP contribution is -2.45. The summed E-state index contributed by atoms with van der Waals surface area (Å²) >= 11 is 0. The molecule has 30 heavy (non-hydrogen) atoms. The Morgan fingerprint density at radius 2 is 1.47 bits per heavy atom. The van der Waals surface area contributed by atoms with E-state index in [1.807, 2.05) is 0 Å². The summed E-state index contributed by atoms with van der Waals surface area (Å²) in [4.78, 5) is 27.3. The molecule has 0 saturated heterocycles. The molecule has 1 atom stereocenters. The zero-order valence-electron chi connectivity index (χ0n) is 18.0. The summed E-state index contributed by atoms with van der Waals surface area (Å²) in [7, 11) is 1.49. The maximum Gasteiger partial charge on any atom is 0.410 e. The van der Waals surface area contributed by atoms with E-state index in [2.05, 4.69) is 0 Å². The van der Waals surface area contributed by atoms with Gasteiger partial charge in [-0.05, 0) is 74.9 Å². The molecule has 3 rings (SSSR count). The summed E-state index contributed by atoms with van der Waals surface area (Å²) in [5, 5.41) is 0. The maximum atomic E-state index is 14.6. The number of fused-ring (bicyclic) bond motifs is 2. The van der Waals surface area contributed by atoms with Crippen molar-refractivity contribution in [1.82, 2.24) is 4.90 Å². The number of amides is 1. The van der Waals surface area contributed by atoms with Crippen LogP contribution in [0.25, 0.3) is 0 Å². The van der Waals surface area contributed by atoms with Crippen molar-refractivity contribution in [2.45, 2.75) is 58.1 Å². The largest absolute Gasteiger partial charge is 0.444 e. The van der Waals surface area contributed by atoms with Gasteiger partial charge >= 0.3 is 6.09 Å². The first-order valence-corrected chi connectivity index (χ1v) is 10.1. The Bertz CT molecular complexity index is 927. The van der Waals surface area contributed by atoms with Gasteiger partial charge in [-0.1, -0.05) is 24.3 Å². The third-order valence-corrected chi connectivity index (χ3v) is 5.52. The van der Waals surface area contributed by atoms with Crippen LogP contribution in [-0.2, 0) is 22.4 Å². The second kappa shape index (κ2) is 8.17. The molecule has 0 heterocycles. The van der Waals surface area contributed by atoms with Gasteiger partial charge in [0.25, 0.3) is 0 Å². The molecule has 0 saturated carbocycles. The highest BCUT2D eigenvalue weighted by atomic mass is 19.1. The van der Waals surface area contributed by atoms with Crippen molar-refractivity contribution in [3.63, 3.8) is 0 Å². The average Bonchev–Trinajstić information content (AvgIpc) is 2.83. The Kier molecular flexibility index (Phi) is 5.97. The van der Waals surface area contributed by atoms with Crippen LogP contribution < -0.4 is 0 Å². The van der Waals surface area contributed by atoms with E-state index in [4.69, 9.17) is 4.74 Å². The molecule has 1 amide bonds. The molecule has 2 aromatic rings. The molecule has 0 unspecified atom stereocenters. The van der Waals surface area contributed by atoms with Gasteiger partial charge in [0.05, 0.1) is 12.0 Å². The number of nitrogens with zero attached hydrogens (tertiary/aromatic N) is 1. The number of hydrogen-bond donors (Lipinski definition) is 0. The molecule has 0 spiro atoms. The molecule has 0 aromatic heterocycles. The lowest BCUT2D eigenvalue weighted by atomic mass is 9.82. The van der Waals surface area contributed by atoms with E-state index in [1.165, 1.54) is 24.1 Å². The highest BCUT2D eigenvalue weighted by Gasteiger charge is 2.37. The van der Waals surface area contributed by atoms with E-state index >= 15 is 0 Å². The molecule has 1 aliphatic rings. The smallest absolute Gasteiger partial charge is 0.410 e. The number of benzene rings is 2. The summed E-state index contributed by atoms with van der Waals surface area (Å²) in [6.07, 6.45) is -0.0256. The van der Waals surface area contributed by atoms with E-state index in [0.29, 0.717) is 35.1 Å². The molecule has 0 fully saturated rings. The van der Waals surface area contributed by atoms with E-state index < -0.39 is 35.3 Å². The lowest BCUT2D eigenvalue weighted by molar-refractivity contribution is -0.123. The first-order valence-electron chi connectivity index (χ1n) is 10.1. The van der Waals surface area contributed by atoms with Crippen LogP contribution in [0.15, 0.2) is 36.4 Å². The normalized spacial score (nSPS) is 14.9. The van der Waals surface area contributed by atoms with Crippen LogP contribution in [-0.4, -0.2) is 35.5 Å². The molecule has 1 aliphatic carbocycles. The quantitative estimate of drug-likeness (QED) is 0.707. The fourth-order valence-electron chi connectivity index (χ4n) is 3.87. The second-order valence-corrected chi connectivity index (χ2v) is 8.72. The second-order valence-electron chi connectivity index (χ2n) is 8.72. The van der Waals surface area contributed by atoms with Crippen LogP contribution in [0.4, 0.5) is 13.6 Å². The number of Topliss-reactive ketones (excluding diaryl/α,β-unsaturated/α-hetero) is 1. The molecule has 2 aromatic carbocycles. The number of ether oxygens (including phenoxy) is 1. The Labute approximate surface area is 175 Å². The van der Waals surface area contributed by atoms with Crippen molar-refractivity contribution >= 4 is 11.9 Å². The van der Waals surface area contributed by atoms with Crippen molar-refractivity contribution < 1.29 is 23.1 Å². The van der Waals surface area contributed by atoms with Crippen LogP contribution in [0.5, 0.6) is 0 Å². The van der Waals surface area contributed by atoms with Gasteiger partial charge in [0, 0.05) is 7.05 Å². The van der Waals surface area contributed by atoms with Gasteiger partial charge in [-0.15, -0.1) is 0 Å². The van der Waals surface area contributed by atoms with Crippen LogP contribution >= 0.6 is 0 Å². The monoisotopic (exact) mass is 415 g/mol. The maximum absolute atomic E-state index is 14.6. The minimum absolute atomic E-state index is 0.302. The number of carbonyl (C=O) groups is 2. The fraction of sp³-hybridized carbons (Fsp3) is 0.417. The number of ketones is 1. The van der Waals surface area contributed by atoms with Crippen molar-refractivity contribution in [3.8, 4) is 0 Å². The molecular weight excluding hydrogens is 388 g/mol. The van der Waals surface area contributed by atoms with Crippen molar-refractivity contribution in [2.75, 3.05) is 7.05 Å². The van der Waals surface area contributed by atoms with Crippen LogP contribution in [0.2, 0.25) is 0 Å². The number of carbonyl (C=O) groups excluding carboxylic acids is 2. The Morgan fingerprint density at radius 3 is 1.90 bits per heavy atom. The van der Waals surface area contributed by atoms with Gasteiger partial charge in [0.2, 0.25) is 0 Å². The molecule has 0 N–H and O–H groups in total. The van der Waals surface area contributed by atoms with Crippen molar-refractivity contribution in [1.29, 1.82) is 0 Å². The minimum atomic E-state index is -0.871. The van der Waals surface area contributed by atoms with E-state index in [1.54, 1.807) is 52.0 Å². The molecular formula is C24H27F2NO3. The topological polar surface area (TPSA) is 46.6 Å². The number of likely N-dealkylation sites (N-methyl/N-ethyl adjacent to an activating group) is 1. The first kappa shape index (κ1) is 21.9. The highest BCUT2D eigenvalue weighted by Crippen LogP contribution is 2.38. The average molecular weight is 415 g/mol. The summed E-state index contributed by atoms with van der Waals surface area (Å²) in [5.41, 5.74) is 1.17.